The number of aryl methyl sites for hydroxylation is 1. The fraction of sp³-hybridized carbons (Fsp3) is 0.200. The Morgan fingerprint density at radius 2 is 1.91 bits per heavy atom. The highest BCUT2D eigenvalue weighted by Gasteiger charge is 2.01. The van der Waals surface area contributed by atoms with Gasteiger partial charge in [-0.05, 0) is 48.7 Å². The molecule has 0 saturated carbocycles. The molecule has 2 rings (SSSR count). The molecule has 2 aromatic carbocycles. The Labute approximate surface area is 132 Å². The van der Waals surface area contributed by atoms with Gasteiger partial charge in [0.2, 0.25) is 0 Å². The fourth-order valence-corrected chi connectivity index (χ4v) is 2.10. The molecule has 114 valence electrons. The quantitative estimate of drug-likeness (QED) is 0.520. The molecule has 0 unspecified atom stereocenters. The average Bonchev–Trinajstić information content (AvgIpc) is 2.53. The van der Waals surface area contributed by atoms with Crippen molar-refractivity contribution >= 4 is 6.08 Å². The van der Waals surface area contributed by atoms with E-state index in [1.165, 1.54) is 5.56 Å². The topological polar surface area (TPSA) is 18.5 Å². The Morgan fingerprint density at radius 3 is 2.59 bits per heavy atom. The Balaban J connectivity index is 1.99. The van der Waals surface area contributed by atoms with E-state index in [1.54, 1.807) is 0 Å². The highest BCUT2D eigenvalue weighted by molar-refractivity contribution is 5.55. The van der Waals surface area contributed by atoms with Gasteiger partial charge in [-0.1, -0.05) is 49.1 Å². The molecule has 22 heavy (non-hydrogen) atoms. The Bertz CT molecular complexity index is 642. The number of hydrogen-bond acceptors (Lipinski definition) is 2. The summed E-state index contributed by atoms with van der Waals surface area (Å²) in [6, 6.07) is 16.3. The van der Waals surface area contributed by atoms with Crippen LogP contribution in [0.2, 0.25) is 0 Å². The first-order valence-corrected chi connectivity index (χ1v) is 7.46. The molecule has 0 atom stereocenters. The van der Waals surface area contributed by atoms with Crippen molar-refractivity contribution in [1.82, 2.24) is 0 Å². The van der Waals surface area contributed by atoms with Gasteiger partial charge in [-0.2, -0.15) is 0 Å². The summed E-state index contributed by atoms with van der Waals surface area (Å²) in [7, 11) is 0. The molecule has 0 saturated heterocycles. The minimum absolute atomic E-state index is 0.581. The van der Waals surface area contributed by atoms with Gasteiger partial charge in [-0.15, -0.1) is 0 Å². The maximum atomic E-state index is 5.88. The van der Waals surface area contributed by atoms with Crippen LogP contribution in [0, 0.1) is 6.92 Å². The molecule has 2 aromatic rings. The monoisotopic (exact) mass is 294 g/mol. The minimum atomic E-state index is 0.581. The predicted octanol–water partition coefficient (Wildman–Crippen LogP) is 5.14. The summed E-state index contributed by atoms with van der Waals surface area (Å²) in [5.74, 6) is 1.58. The third-order valence-corrected chi connectivity index (χ3v) is 3.23. The van der Waals surface area contributed by atoms with E-state index in [0.717, 1.165) is 16.9 Å². The molecule has 2 nitrogen and oxygen atoms in total. The summed E-state index contributed by atoms with van der Waals surface area (Å²) in [6.45, 7) is 9.04. The number of ether oxygens (including phenoxy) is 2. The maximum absolute atomic E-state index is 5.88. The molecule has 0 aliphatic heterocycles. The summed E-state index contributed by atoms with van der Waals surface area (Å²) in [4.78, 5) is 0. The average molecular weight is 294 g/mol. The molecular formula is C20H22O2. The van der Waals surface area contributed by atoms with Crippen LogP contribution in [0.15, 0.2) is 66.9 Å². The molecule has 0 aromatic heterocycles. The van der Waals surface area contributed by atoms with Crippen LogP contribution in [-0.4, -0.2) is 6.61 Å². The van der Waals surface area contributed by atoms with Gasteiger partial charge in [0.25, 0.3) is 0 Å². The normalized spacial score (nSPS) is 10.6. The van der Waals surface area contributed by atoms with Gasteiger partial charge < -0.3 is 9.47 Å². The fourth-order valence-electron chi connectivity index (χ4n) is 2.10. The summed E-state index contributed by atoms with van der Waals surface area (Å²) < 4.78 is 11.2. The number of allylic oxidation sites excluding steroid dienone is 1. The Hall–Kier alpha value is -2.48. The van der Waals surface area contributed by atoms with Crippen LogP contribution >= 0.6 is 0 Å². The third kappa shape index (κ3) is 4.81. The molecule has 0 aliphatic carbocycles. The lowest BCUT2D eigenvalue weighted by Gasteiger charge is -2.10. The molecule has 2 heteroatoms. The first kappa shape index (κ1) is 15.9. The van der Waals surface area contributed by atoms with Crippen molar-refractivity contribution in [1.29, 1.82) is 0 Å². The van der Waals surface area contributed by atoms with Crippen molar-refractivity contribution in [2.75, 3.05) is 6.61 Å². The summed E-state index contributed by atoms with van der Waals surface area (Å²) >= 11 is 0. The molecule has 0 spiro atoms. The van der Waals surface area contributed by atoms with Crippen LogP contribution < -0.4 is 4.74 Å². The van der Waals surface area contributed by atoms with E-state index in [1.807, 2.05) is 49.4 Å². The van der Waals surface area contributed by atoms with Crippen LogP contribution in [0.4, 0.5) is 0 Å². The maximum Gasteiger partial charge on any atom is 0.122 e. The van der Waals surface area contributed by atoms with E-state index >= 15 is 0 Å². The van der Waals surface area contributed by atoms with E-state index in [2.05, 4.69) is 31.7 Å². The second kappa shape index (κ2) is 8.08. The molecular weight excluding hydrogens is 272 g/mol. The molecule has 0 amide bonds. The van der Waals surface area contributed by atoms with Crippen LogP contribution in [-0.2, 0) is 11.3 Å². The lowest BCUT2D eigenvalue weighted by Crippen LogP contribution is -1.96. The number of benzene rings is 2. The first-order chi connectivity index (χ1) is 10.7. The SMILES string of the molecule is C=C(/C=C/c1ccc(OCc2ccccc2)c(C)c1)OCC. The van der Waals surface area contributed by atoms with Crippen molar-refractivity contribution in [2.24, 2.45) is 0 Å². The van der Waals surface area contributed by atoms with Crippen molar-refractivity contribution in [3.63, 3.8) is 0 Å². The van der Waals surface area contributed by atoms with Gasteiger partial charge in [0.1, 0.15) is 18.1 Å². The second-order valence-electron chi connectivity index (χ2n) is 5.03. The van der Waals surface area contributed by atoms with Crippen LogP contribution in [0.25, 0.3) is 6.08 Å². The van der Waals surface area contributed by atoms with Crippen LogP contribution in [0.3, 0.4) is 0 Å². The zero-order valence-electron chi connectivity index (χ0n) is 13.2. The van der Waals surface area contributed by atoms with Gasteiger partial charge >= 0.3 is 0 Å². The largest absolute Gasteiger partial charge is 0.495 e. The zero-order chi connectivity index (χ0) is 15.8. The lowest BCUT2D eigenvalue weighted by atomic mass is 10.1. The Morgan fingerprint density at radius 1 is 1.14 bits per heavy atom. The highest BCUT2D eigenvalue weighted by atomic mass is 16.5. The number of hydrogen-bond donors (Lipinski definition) is 0. The van der Waals surface area contributed by atoms with Crippen molar-refractivity contribution in [3.05, 3.63) is 83.6 Å². The predicted molar refractivity (Wildman–Crippen MR) is 91.8 cm³/mol. The first-order valence-electron chi connectivity index (χ1n) is 7.46. The molecule has 0 aliphatic rings. The van der Waals surface area contributed by atoms with Crippen molar-refractivity contribution in [2.45, 2.75) is 20.5 Å². The molecule has 0 bridgehead atoms. The van der Waals surface area contributed by atoms with E-state index in [0.29, 0.717) is 19.0 Å². The molecule has 0 fully saturated rings. The highest BCUT2D eigenvalue weighted by Crippen LogP contribution is 2.21. The van der Waals surface area contributed by atoms with Gasteiger partial charge in [0.05, 0.1) is 6.61 Å². The van der Waals surface area contributed by atoms with E-state index < -0.39 is 0 Å². The van der Waals surface area contributed by atoms with E-state index in [4.69, 9.17) is 9.47 Å². The third-order valence-electron chi connectivity index (χ3n) is 3.23. The minimum Gasteiger partial charge on any atom is -0.495 e. The standard InChI is InChI=1S/C20H22O2/c1-4-21-17(3)10-11-18-12-13-20(16(2)14-18)22-15-19-8-6-5-7-9-19/h5-14H,3-4,15H2,1-2H3/b11-10+. The number of rotatable bonds is 7. The summed E-state index contributed by atoms with van der Waals surface area (Å²) in [5.41, 5.74) is 3.38. The summed E-state index contributed by atoms with van der Waals surface area (Å²) in [5, 5.41) is 0. The van der Waals surface area contributed by atoms with E-state index in [-0.39, 0.29) is 0 Å². The van der Waals surface area contributed by atoms with Gasteiger partial charge in [-0.25, -0.2) is 0 Å². The van der Waals surface area contributed by atoms with Crippen LogP contribution in [0.5, 0.6) is 5.75 Å². The van der Waals surface area contributed by atoms with E-state index in [9.17, 15) is 0 Å². The molecule has 0 N–H and O–H groups in total. The zero-order valence-corrected chi connectivity index (χ0v) is 13.2. The molecule has 0 radical (unpaired) electrons. The summed E-state index contributed by atoms with van der Waals surface area (Å²) in [6.07, 6.45) is 3.87. The molecule has 0 heterocycles. The Kier molecular flexibility index (Phi) is 5.84. The van der Waals surface area contributed by atoms with Gasteiger partial charge in [-0.3, -0.25) is 0 Å². The van der Waals surface area contributed by atoms with Crippen LogP contribution in [0.1, 0.15) is 23.6 Å². The van der Waals surface area contributed by atoms with Gasteiger partial charge in [0.15, 0.2) is 0 Å². The second-order valence-corrected chi connectivity index (χ2v) is 5.03. The van der Waals surface area contributed by atoms with Gasteiger partial charge in [0, 0.05) is 0 Å². The van der Waals surface area contributed by atoms with Crippen molar-refractivity contribution < 1.29 is 9.47 Å². The smallest absolute Gasteiger partial charge is 0.122 e. The lowest BCUT2D eigenvalue weighted by molar-refractivity contribution is 0.244. The van der Waals surface area contributed by atoms with Crippen molar-refractivity contribution in [3.8, 4) is 5.75 Å².